The number of ether oxygens (including phenoxy) is 2. The summed E-state index contributed by atoms with van der Waals surface area (Å²) in [6, 6.07) is 10.3. The molecule has 0 aliphatic heterocycles. The third-order valence-electron chi connectivity index (χ3n) is 8.41. The van der Waals surface area contributed by atoms with E-state index in [1.807, 2.05) is 18.2 Å². The Hall–Kier alpha value is -2.94. The van der Waals surface area contributed by atoms with Crippen molar-refractivity contribution in [3.63, 3.8) is 0 Å². The molecule has 40 heavy (non-hydrogen) atoms. The second kappa shape index (κ2) is 17.0. The van der Waals surface area contributed by atoms with Crippen LogP contribution >= 0.6 is 0 Å². The van der Waals surface area contributed by atoms with E-state index in [0.29, 0.717) is 38.8 Å². The van der Waals surface area contributed by atoms with Gasteiger partial charge in [0.1, 0.15) is 0 Å². The van der Waals surface area contributed by atoms with Gasteiger partial charge in [-0.1, -0.05) is 30.3 Å². The van der Waals surface area contributed by atoms with Gasteiger partial charge in [-0.25, -0.2) is 0 Å². The molecule has 1 aromatic carbocycles. The standard InChI is InChI=1S/C31H47N3O6/c1-39-30(37)26-14-10-24(11-15-26)28(35)32-18-6-20-34(22-23-8-4-3-5-9-23)21-7-19-33-29(36)25-12-16-27(17-13-25)31(38)40-2/h3-5,8-9,24-27H,6-7,10-22H2,1-2H3,(H,32,35)(H,33,36). The lowest BCUT2D eigenvalue weighted by molar-refractivity contribution is -0.148. The zero-order chi connectivity index (χ0) is 28.7. The number of benzene rings is 1. The van der Waals surface area contributed by atoms with E-state index in [1.165, 1.54) is 19.8 Å². The molecule has 2 aliphatic rings. The topological polar surface area (TPSA) is 114 Å². The lowest BCUT2D eigenvalue weighted by Gasteiger charge is -2.27. The van der Waals surface area contributed by atoms with Gasteiger partial charge in [-0.3, -0.25) is 24.1 Å². The van der Waals surface area contributed by atoms with Crippen LogP contribution in [-0.4, -0.2) is 69.1 Å². The van der Waals surface area contributed by atoms with E-state index in [2.05, 4.69) is 27.7 Å². The molecule has 2 fully saturated rings. The Morgan fingerprint density at radius 2 is 1.07 bits per heavy atom. The van der Waals surface area contributed by atoms with Gasteiger partial charge in [-0.15, -0.1) is 0 Å². The van der Waals surface area contributed by atoms with Crippen LogP contribution in [0.2, 0.25) is 0 Å². The minimum atomic E-state index is -0.167. The van der Waals surface area contributed by atoms with Crippen molar-refractivity contribution in [3.8, 4) is 0 Å². The lowest BCUT2D eigenvalue weighted by Crippen LogP contribution is -2.37. The van der Waals surface area contributed by atoms with Crippen molar-refractivity contribution in [2.24, 2.45) is 23.7 Å². The van der Waals surface area contributed by atoms with E-state index < -0.39 is 0 Å². The summed E-state index contributed by atoms with van der Waals surface area (Å²) in [5.41, 5.74) is 1.24. The SMILES string of the molecule is COC(=O)C1CCC(C(=O)NCCCN(CCCNC(=O)C2CCC(C(=O)OC)CC2)Cc2ccccc2)CC1. The Morgan fingerprint density at radius 1 is 0.675 bits per heavy atom. The quantitative estimate of drug-likeness (QED) is 0.266. The molecular weight excluding hydrogens is 510 g/mol. The van der Waals surface area contributed by atoms with Gasteiger partial charge in [0.15, 0.2) is 0 Å². The molecule has 0 bridgehead atoms. The van der Waals surface area contributed by atoms with Crippen molar-refractivity contribution in [1.82, 2.24) is 15.5 Å². The summed E-state index contributed by atoms with van der Waals surface area (Å²) in [4.78, 5) is 51.1. The summed E-state index contributed by atoms with van der Waals surface area (Å²) >= 11 is 0. The summed E-state index contributed by atoms with van der Waals surface area (Å²) in [6.07, 6.45) is 7.42. The van der Waals surface area contributed by atoms with Crippen LogP contribution in [0.3, 0.4) is 0 Å². The fourth-order valence-corrected chi connectivity index (χ4v) is 5.94. The minimum Gasteiger partial charge on any atom is -0.469 e. The maximum absolute atomic E-state index is 12.6. The van der Waals surface area contributed by atoms with Gasteiger partial charge < -0.3 is 20.1 Å². The van der Waals surface area contributed by atoms with Gasteiger partial charge in [0.05, 0.1) is 26.1 Å². The molecule has 0 heterocycles. The molecule has 9 nitrogen and oxygen atoms in total. The monoisotopic (exact) mass is 557 g/mol. The first kappa shape index (κ1) is 31.6. The second-order valence-electron chi connectivity index (χ2n) is 11.2. The molecule has 0 unspecified atom stereocenters. The number of nitrogens with zero attached hydrogens (tertiary/aromatic N) is 1. The van der Waals surface area contributed by atoms with Crippen molar-refractivity contribution in [1.29, 1.82) is 0 Å². The molecule has 0 aromatic heterocycles. The Kier molecular flexibility index (Phi) is 13.4. The van der Waals surface area contributed by atoms with E-state index in [4.69, 9.17) is 9.47 Å². The van der Waals surface area contributed by atoms with Gasteiger partial charge >= 0.3 is 11.9 Å². The first-order valence-corrected chi connectivity index (χ1v) is 14.9. The molecule has 3 rings (SSSR count). The summed E-state index contributed by atoms with van der Waals surface area (Å²) in [6.45, 7) is 3.74. The van der Waals surface area contributed by atoms with Crippen LogP contribution in [0.1, 0.15) is 69.8 Å². The number of esters is 2. The van der Waals surface area contributed by atoms with Crippen LogP contribution in [0.4, 0.5) is 0 Å². The van der Waals surface area contributed by atoms with Crippen molar-refractivity contribution in [3.05, 3.63) is 35.9 Å². The first-order chi connectivity index (χ1) is 19.4. The number of rotatable bonds is 14. The number of methoxy groups -OCH3 is 2. The fraction of sp³-hybridized carbons (Fsp3) is 0.677. The highest BCUT2D eigenvalue weighted by Crippen LogP contribution is 2.30. The van der Waals surface area contributed by atoms with Gasteiger partial charge in [0, 0.05) is 44.6 Å². The first-order valence-electron chi connectivity index (χ1n) is 14.9. The van der Waals surface area contributed by atoms with E-state index in [-0.39, 0.29) is 47.4 Å². The van der Waals surface area contributed by atoms with Crippen LogP contribution in [0.25, 0.3) is 0 Å². The molecule has 1 aromatic rings. The maximum atomic E-state index is 12.6. The Bertz CT molecular complexity index is 884. The molecule has 0 spiro atoms. The molecule has 0 radical (unpaired) electrons. The van der Waals surface area contributed by atoms with Crippen LogP contribution in [0.15, 0.2) is 30.3 Å². The largest absolute Gasteiger partial charge is 0.469 e. The summed E-state index contributed by atoms with van der Waals surface area (Å²) in [5, 5.41) is 6.19. The van der Waals surface area contributed by atoms with Crippen molar-refractivity contribution < 1.29 is 28.7 Å². The van der Waals surface area contributed by atoms with E-state index >= 15 is 0 Å². The third kappa shape index (κ3) is 10.2. The summed E-state index contributed by atoms with van der Waals surface area (Å²) in [7, 11) is 2.83. The number of nitrogens with one attached hydrogen (secondary N) is 2. The highest BCUT2D eigenvalue weighted by molar-refractivity contribution is 5.80. The van der Waals surface area contributed by atoms with Crippen LogP contribution in [0.5, 0.6) is 0 Å². The second-order valence-corrected chi connectivity index (χ2v) is 11.2. The molecule has 222 valence electrons. The molecule has 9 heteroatoms. The minimum absolute atomic E-state index is 0.0274. The number of hydrogen-bond acceptors (Lipinski definition) is 7. The molecule has 2 amide bonds. The van der Waals surface area contributed by atoms with Gasteiger partial charge in [0.2, 0.25) is 11.8 Å². The highest BCUT2D eigenvalue weighted by atomic mass is 16.5. The Labute approximate surface area is 238 Å². The molecule has 2 saturated carbocycles. The van der Waals surface area contributed by atoms with Crippen LogP contribution in [-0.2, 0) is 35.2 Å². The number of hydrogen-bond donors (Lipinski definition) is 2. The van der Waals surface area contributed by atoms with E-state index in [0.717, 1.165) is 58.2 Å². The molecule has 2 aliphatic carbocycles. The van der Waals surface area contributed by atoms with E-state index in [9.17, 15) is 19.2 Å². The van der Waals surface area contributed by atoms with Gasteiger partial charge in [-0.2, -0.15) is 0 Å². The summed E-state index contributed by atoms with van der Waals surface area (Å²) < 4.78 is 9.68. The van der Waals surface area contributed by atoms with Crippen LogP contribution < -0.4 is 10.6 Å². The normalized spacial score (nSPS) is 22.8. The van der Waals surface area contributed by atoms with Crippen molar-refractivity contribution in [2.75, 3.05) is 40.4 Å². The predicted octanol–water partition coefficient (Wildman–Crippen LogP) is 3.46. The van der Waals surface area contributed by atoms with E-state index in [1.54, 1.807) is 0 Å². The average molecular weight is 558 g/mol. The average Bonchev–Trinajstić information content (AvgIpc) is 3.00. The number of carbonyl (C=O) groups excluding carboxylic acids is 4. The molecular formula is C31H47N3O6. The maximum Gasteiger partial charge on any atom is 0.308 e. The highest BCUT2D eigenvalue weighted by Gasteiger charge is 2.31. The fourth-order valence-electron chi connectivity index (χ4n) is 5.94. The molecule has 0 saturated heterocycles. The smallest absolute Gasteiger partial charge is 0.308 e. The molecule has 2 N–H and O–H groups in total. The Morgan fingerprint density at radius 3 is 1.48 bits per heavy atom. The number of amides is 2. The van der Waals surface area contributed by atoms with Crippen molar-refractivity contribution >= 4 is 23.8 Å². The molecule has 0 atom stereocenters. The predicted molar refractivity (Wildman–Crippen MR) is 152 cm³/mol. The number of carbonyl (C=O) groups is 4. The van der Waals surface area contributed by atoms with Gasteiger partial charge in [0.25, 0.3) is 0 Å². The van der Waals surface area contributed by atoms with Gasteiger partial charge in [-0.05, 0) is 69.8 Å². The van der Waals surface area contributed by atoms with Crippen molar-refractivity contribution in [2.45, 2.75) is 70.8 Å². The zero-order valence-electron chi connectivity index (χ0n) is 24.2. The van der Waals surface area contributed by atoms with Crippen LogP contribution in [0, 0.1) is 23.7 Å². The Balaban J connectivity index is 1.36. The zero-order valence-corrected chi connectivity index (χ0v) is 24.2. The summed E-state index contributed by atoms with van der Waals surface area (Å²) in [5.74, 6) is -0.373. The third-order valence-corrected chi connectivity index (χ3v) is 8.41. The lowest BCUT2D eigenvalue weighted by atomic mass is 9.81.